The Morgan fingerprint density at radius 1 is 1.38 bits per heavy atom. The number of amides is 1. The summed E-state index contributed by atoms with van der Waals surface area (Å²) in [5.74, 6) is 0.728. The molecule has 1 amide bonds. The number of aromatic nitrogens is 1. The SMILES string of the molecule is CCOC(=O)c1[nH]c2ccc(F)cc2c1NC(=O)C(C)N1CCSCC1. The van der Waals surface area contributed by atoms with Gasteiger partial charge in [0, 0.05) is 35.5 Å². The van der Waals surface area contributed by atoms with E-state index < -0.39 is 11.8 Å². The van der Waals surface area contributed by atoms with Gasteiger partial charge in [0.25, 0.3) is 0 Å². The third kappa shape index (κ3) is 3.86. The van der Waals surface area contributed by atoms with Crippen molar-refractivity contribution in [3.05, 3.63) is 29.7 Å². The van der Waals surface area contributed by atoms with Crippen molar-refractivity contribution in [1.29, 1.82) is 0 Å². The van der Waals surface area contributed by atoms with E-state index >= 15 is 0 Å². The number of hydrogen-bond acceptors (Lipinski definition) is 5. The summed E-state index contributed by atoms with van der Waals surface area (Å²) in [4.78, 5) is 30.0. The highest BCUT2D eigenvalue weighted by atomic mass is 32.2. The number of hydrogen-bond donors (Lipinski definition) is 2. The van der Waals surface area contributed by atoms with Gasteiger partial charge in [0.15, 0.2) is 0 Å². The minimum absolute atomic E-state index is 0.127. The molecule has 26 heavy (non-hydrogen) atoms. The molecule has 0 spiro atoms. The molecule has 1 aromatic carbocycles. The molecule has 0 saturated carbocycles. The molecular formula is C18H22FN3O3S. The molecule has 8 heteroatoms. The number of ether oxygens (including phenoxy) is 1. The predicted octanol–water partition coefficient (Wildman–Crippen LogP) is 2.86. The van der Waals surface area contributed by atoms with Crippen molar-refractivity contribution < 1.29 is 18.7 Å². The summed E-state index contributed by atoms with van der Waals surface area (Å²) in [5, 5.41) is 3.26. The fourth-order valence-electron chi connectivity index (χ4n) is 3.01. The van der Waals surface area contributed by atoms with E-state index in [1.54, 1.807) is 6.92 Å². The molecule has 1 unspecified atom stereocenters. The van der Waals surface area contributed by atoms with Crippen LogP contribution in [-0.2, 0) is 9.53 Å². The molecule has 3 rings (SSSR count). The summed E-state index contributed by atoms with van der Waals surface area (Å²) in [7, 11) is 0. The van der Waals surface area contributed by atoms with E-state index in [4.69, 9.17) is 4.74 Å². The van der Waals surface area contributed by atoms with Crippen molar-refractivity contribution in [2.75, 3.05) is 36.5 Å². The summed E-state index contributed by atoms with van der Waals surface area (Å²) >= 11 is 1.87. The first kappa shape index (κ1) is 18.7. The highest BCUT2D eigenvalue weighted by Crippen LogP contribution is 2.29. The van der Waals surface area contributed by atoms with Crippen LogP contribution in [0.25, 0.3) is 10.9 Å². The number of aromatic amines is 1. The molecule has 0 bridgehead atoms. The highest BCUT2D eigenvalue weighted by Gasteiger charge is 2.26. The third-order valence-electron chi connectivity index (χ3n) is 4.46. The van der Waals surface area contributed by atoms with Gasteiger partial charge in [-0.2, -0.15) is 11.8 Å². The first-order valence-corrected chi connectivity index (χ1v) is 9.77. The Morgan fingerprint density at radius 3 is 2.81 bits per heavy atom. The summed E-state index contributed by atoms with van der Waals surface area (Å²) in [6, 6.07) is 3.79. The Bertz CT molecular complexity index is 817. The number of carbonyl (C=O) groups excluding carboxylic acids is 2. The Morgan fingerprint density at radius 2 is 2.12 bits per heavy atom. The smallest absolute Gasteiger partial charge is 0.356 e. The quantitative estimate of drug-likeness (QED) is 0.782. The van der Waals surface area contributed by atoms with E-state index in [1.165, 1.54) is 18.2 Å². The predicted molar refractivity (Wildman–Crippen MR) is 101 cm³/mol. The zero-order valence-corrected chi connectivity index (χ0v) is 15.6. The second-order valence-electron chi connectivity index (χ2n) is 6.10. The third-order valence-corrected chi connectivity index (χ3v) is 5.40. The molecular weight excluding hydrogens is 357 g/mol. The molecule has 2 N–H and O–H groups in total. The average Bonchev–Trinajstić information content (AvgIpc) is 3.00. The number of halogens is 1. The highest BCUT2D eigenvalue weighted by molar-refractivity contribution is 7.99. The molecule has 1 aromatic heterocycles. The van der Waals surface area contributed by atoms with Crippen molar-refractivity contribution in [3.63, 3.8) is 0 Å². The maximum absolute atomic E-state index is 13.7. The van der Waals surface area contributed by atoms with Crippen LogP contribution in [0.4, 0.5) is 10.1 Å². The van der Waals surface area contributed by atoms with Crippen LogP contribution in [0.3, 0.4) is 0 Å². The van der Waals surface area contributed by atoms with Gasteiger partial charge in [-0.3, -0.25) is 9.69 Å². The van der Waals surface area contributed by atoms with E-state index in [2.05, 4.69) is 15.2 Å². The summed E-state index contributed by atoms with van der Waals surface area (Å²) in [6.07, 6.45) is 0. The van der Waals surface area contributed by atoms with Crippen molar-refractivity contribution in [2.24, 2.45) is 0 Å². The van der Waals surface area contributed by atoms with E-state index in [9.17, 15) is 14.0 Å². The zero-order chi connectivity index (χ0) is 18.7. The van der Waals surface area contributed by atoms with Gasteiger partial charge < -0.3 is 15.0 Å². The lowest BCUT2D eigenvalue weighted by Crippen LogP contribution is -2.46. The monoisotopic (exact) mass is 379 g/mol. The number of nitrogens with zero attached hydrogens (tertiary/aromatic N) is 1. The lowest BCUT2D eigenvalue weighted by Gasteiger charge is -2.31. The first-order valence-electron chi connectivity index (χ1n) is 8.62. The van der Waals surface area contributed by atoms with Crippen LogP contribution >= 0.6 is 11.8 Å². The van der Waals surface area contributed by atoms with Gasteiger partial charge in [0.1, 0.15) is 11.5 Å². The number of thioether (sulfide) groups is 1. The number of benzene rings is 1. The fourth-order valence-corrected chi connectivity index (χ4v) is 3.94. The summed E-state index contributed by atoms with van der Waals surface area (Å²) in [6.45, 7) is 5.43. The van der Waals surface area contributed by atoms with Gasteiger partial charge in [-0.1, -0.05) is 0 Å². The lowest BCUT2D eigenvalue weighted by atomic mass is 10.2. The molecule has 1 aliphatic heterocycles. The standard InChI is InChI=1S/C18H22FN3O3S/c1-3-25-18(24)16-15(13-10-12(19)4-5-14(13)20-16)21-17(23)11(2)22-6-8-26-9-7-22/h4-5,10-11,20H,3,6-9H2,1-2H3,(H,21,23). The largest absolute Gasteiger partial charge is 0.461 e. The van der Waals surface area contributed by atoms with E-state index in [-0.39, 0.29) is 29.9 Å². The number of nitrogens with one attached hydrogen (secondary N) is 2. The minimum atomic E-state index is -0.582. The van der Waals surface area contributed by atoms with E-state index in [0.717, 1.165) is 24.6 Å². The number of esters is 1. The average molecular weight is 379 g/mol. The molecule has 1 fully saturated rings. The molecule has 2 aromatic rings. The van der Waals surface area contributed by atoms with Crippen molar-refractivity contribution >= 4 is 40.2 Å². The van der Waals surface area contributed by atoms with Gasteiger partial charge in [0.2, 0.25) is 5.91 Å². The van der Waals surface area contributed by atoms with Crippen LogP contribution in [0.5, 0.6) is 0 Å². The molecule has 6 nitrogen and oxygen atoms in total. The van der Waals surface area contributed by atoms with Gasteiger partial charge >= 0.3 is 5.97 Å². The molecule has 2 heterocycles. The van der Waals surface area contributed by atoms with Crippen LogP contribution < -0.4 is 5.32 Å². The number of rotatable bonds is 5. The Kier molecular flexibility index (Phi) is 5.83. The van der Waals surface area contributed by atoms with Gasteiger partial charge in [-0.05, 0) is 32.0 Å². The van der Waals surface area contributed by atoms with Crippen LogP contribution in [0.1, 0.15) is 24.3 Å². The fraction of sp³-hybridized carbons (Fsp3) is 0.444. The van der Waals surface area contributed by atoms with Crippen LogP contribution in [0, 0.1) is 5.82 Å². The molecule has 1 aliphatic rings. The maximum atomic E-state index is 13.7. The Balaban J connectivity index is 1.91. The van der Waals surface area contributed by atoms with Crippen LogP contribution in [-0.4, -0.2) is 59.0 Å². The van der Waals surface area contributed by atoms with Crippen molar-refractivity contribution in [1.82, 2.24) is 9.88 Å². The Labute approximate surface area is 155 Å². The van der Waals surface area contributed by atoms with E-state index in [1.807, 2.05) is 18.7 Å². The Hall–Kier alpha value is -2.06. The lowest BCUT2D eigenvalue weighted by molar-refractivity contribution is -0.120. The van der Waals surface area contributed by atoms with Gasteiger partial charge in [-0.25, -0.2) is 9.18 Å². The minimum Gasteiger partial charge on any atom is -0.461 e. The second kappa shape index (κ2) is 8.09. The number of H-pyrrole nitrogens is 1. The maximum Gasteiger partial charge on any atom is 0.356 e. The molecule has 0 radical (unpaired) electrons. The van der Waals surface area contributed by atoms with Crippen LogP contribution in [0.2, 0.25) is 0 Å². The summed E-state index contributed by atoms with van der Waals surface area (Å²) < 4.78 is 18.8. The summed E-state index contributed by atoms with van der Waals surface area (Å²) in [5.41, 5.74) is 0.954. The number of fused-ring (bicyclic) bond motifs is 1. The molecule has 1 saturated heterocycles. The van der Waals surface area contributed by atoms with Crippen molar-refractivity contribution in [3.8, 4) is 0 Å². The number of anilines is 1. The molecule has 0 aliphatic carbocycles. The molecule has 140 valence electrons. The van der Waals surface area contributed by atoms with E-state index in [0.29, 0.717) is 10.9 Å². The topological polar surface area (TPSA) is 74.4 Å². The normalized spacial score (nSPS) is 16.4. The zero-order valence-electron chi connectivity index (χ0n) is 14.8. The van der Waals surface area contributed by atoms with Gasteiger partial charge in [0.05, 0.1) is 18.3 Å². The first-order chi connectivity index (χ1) is 12.5. The number of carbonyl (C=O) groups is 2. The van der Waals surface area contributed by atoms with Crippen LogP contribution in [0.15, 0.2) is 18.2 Å². The van der Waals surface area contributed by atoms with Gasteiger partial charge in [-0.15, -0.1) is 0 Å². The molecule has 1 atom stereocenters. The second-order valence-corrected chi connectivity index (χ2v) is 7.32. The van der Waals surface area contributed by atoms with Crippen molar-refractivity contribution in [2.45, 2.75) is 19.9 Å².